The fraction of sp³-hybridized carbons (Fsp3) is 0.579. The van der Waals surface area contributed by atoms with Gasteiger partial charge in [-0.15, -0.1) is 24.0 Å². The highest BCUT2D eigenvalue weighted by atomic mass is 127. The zero-order chi connectivity index (χ0) is 18.5. The van der Waals surface area contributed by atoms with Gasteiger partial charge in [-0.1, -0.05) is 18.2 Å². The van der Waals surface area contributed by atoms with Gasteiger partial charge in [-0.3, -0.25) is 9.79 Å². The van der Waals surface area contributed by atoms with Crippen molar-refractivity contribution in [2.24, 2.45) is 4.99 Å². The lowest BCUT2D eigenvalue weighted by molar-refractivity contribution is 0.0168. The van der Waals surface area contributed by atoms with Crippen LogP contribution in [0.25, 0.3) is 0 Å². The van der Waals surface area contributed by atoms with E-state index in [0.717, 1.165) is 38.4 Å². The molecule has 1 aromatic rings. The predicted octanol–water partition coefficient (Wildman–Crippen LogP) is 1.79. The Hall–Kier alpha value is -1.39. The summed E-state index contributed by atoms with van der Waals surface area (Å²) in [6.07, 6.45) is 3.43. The van der Waals surface area contributed by atoms with Crippen LogP contribution < -0.4 is 16.0 Å². The van der Waals surface area contributed by atoms with Crippen LogP contribution in [0.15, 0.2) is 35.3 Å². The molecular weight excluding hydrogens is 459 g/mol. The second-order valence-corrected chi connectivity index (χ2v) is 6.11. The first-order chi connectivity index (χ1) is 12.8. The summed E-state index contributed by atoms with van der Waals surface area (Å²) < 4.78 is 11.1. The lowest BCUT2D eigenvalue weighted by Gasteiger charge is -2.13. The van der Waals surface area contributed by atoms with Crippen molar-refractivity contribution in [1.29, 1.82) is 0 Å². The molecule has 0 aromatic heterocycles. The average molecular weight is 490 g/mol. The topological polar surface area (TPSA) is 84.0 Å². The summed E-state index contributed by atoms with van der Waals surface area (Å²) in [6, 6.07) is 9.18. The molecule has 0 aliphatic carbocycles. The van der Waals surface area contributed by atoms with Crippen molar-refractivity contribution in [1.82, 2.24) is 16.0 Å². The zero-order valence-electron chi connectivity index (χ0n) is 15.9. The van der Waals surface area contributed by atoms with E-state index in [1.807, 2.05) is 18.2 Å². The molecule has 7 nitrogen and oxygen atoms in total. The number of carbonyl (C=O) groups is 1. The Morgan fingerprint density at radius 2 is 1.93 bits per heavy atom. The molecule has 8 heteroatoms. The van der Waals surface area contributed by atoms with E-state index < -0.39 is 0 Å². The third-order valence-electron chi connectivity index (χ3n) is 4.05. The van der Waals surface area contributed by atoms with Gasteiger partial charge in [-0.2, -0.15) is 0 Å². The van der Waals surface area contributed by atoms with Gasteiger partial charge in [0.25, 0.3) is 5.91 Å². The Labute approximate surface area is 178 Å². The molecule has 1 fully saturated rings. The molecule has 0 radical (unpaired) electrons. The first kappa shape index (κ1) is 23.6. The first-order valence-electron chi connectivity index (χ1n) is 9.26. The van der Waals surface area contributed by atoms with Crippen LogP contribution in [-0.2, 0) is 9.47 Å². The van der Waals surface area contributed by atoms with E-state index in [9.17, 15) is 4.79 Å². The summed E-state index contributed by atoms with van der Waals surface area (Å²) in [5.74, 6) is 0.650. The number of hydrogen-bond acceptors (Lipinski definition) is 4. The first-order valence-corrected chi connectivity index (χ1v) is 9.26. The lowest BCUT2D eigenvalue weighted by atomic mass is 10.2. The van der Waals surface area contributed by atoms with E-state index in [-0.39, 0.29) is 36.0 Å². The number of nitrogens with zero attached hydrogens (tertiary/aromatic N) is 1. The SMILES string of the molecule is CN=C(NCCCOCC1CCCO1)NCCNC(=O)c1ccccc1.I. The summed E-state index contributed by atoms with van der Waals surface area (Å²) >= 11 is 0. The molecule has 1 heterocycles. The number of halogens is 1. The van der Waals surface area contributed by atoms with Gasteiger partial charge in [0, 0.05) is 45.5 Å². The Balaban J connectivity index is 0.00000364. The van der Waals surface area contributed by atoms with E-state index in [0.29, 0.717) is 31.9 Å². The Morgan fingerprint density at radius 1 is 1.19 bits per heavy atom. The molecule has 1 amide bonds. The molecule has 1 unspecified atom stereocenters. The van der Waals surface area contributed by atoms with Crippen LogP contribution in [0.1, 0.15) is 29.6 Å². The number of benzene rings is 1. The molecule has 0 spiro atoms. The van der Waals surface area contributed by atoms with Gasteiger partial charge in [-0.05, 0) is 31.4 Å². The fourth-order valence-electron chi connectivity index (χ4n) is 2.64. The van der Waals surface area contributed by atoms with Crippen LogP contribution in [0.3, 0.4) is 0 Å². The summed E-state index contributed by atoms with van der Waals surface area (Å²) in [5.41, 5.74) is 0.665. The Kier molecular flexibility index (Phi) is 12.8. The molecule has 1 saturated heterocycles. The molecule has 1 aliphatic heterocycles. The number of ether oxygens (including phenoxy) is 2. The number of rotatable bonds is 10. The third-order valence-corrected chi connectivity index (χ3v) is 4.05. The largest absolute Gasteiger partial charge is 0.379 e. The van der Waals surface area contributed by atoms with Crippen molar-refractivity contribution in [3.8, 4) is 0 Å². The molecule has 1 atom stereocenters. The second kappa shape index (κ2) is 14.6. The summed E-state index contributed by atoms with van der Waals surface area (Å²) in [7, 11) is 1.73. The van der Waals surface area contributed by atoms with Gasteiger partial charge in [0.1, 0.15) is 0 Å². The molecule has 2 rings (SSSR count). The van der Waals surface area contributed by atoms with E-state index in [4.69, 9.17) is 9.47 Å². The summed E-state index contributed by atoms with van der Waals surface area (Å²) in [4.78, 5) is 16.1. The standard InChI is InChI=1S/C19H30N4O3.HI/c1-20-19(22-10-6-13-25-15-17-9-5-14-26-17)23-12-11-21-18(24)16-7-3-2-4-8-16;/h2-4,7-8,17H,5-6,9-15H2,1H3,(H,21,24)(H2,20,22,23);1H. The number of hydrogen-bond donors (Lipinski definition) is 3. The van der Waals surface area contributed by atoms with Crippen LogP contribution in [0, 0.1) is 0 Å². The van der Waals surface area contributed by atoms with Crippen LogP contribution in [0.4, 0.5) is 0 Å². The van der Waals surface area contributed by atoms with Crippen LogP contribution in [0.5, 0.6) is 0 Å². The Bertz CT molecular complexity index is 551. The maximum absolute atomic E-state index is 11.9. The van der Waals surface area contributed by atoms with Gasteiger partial charge < -0.3 is 25.4 Å². The van der Waals surface area contributed by atoms with E-state index in [1.54, 1.807) is 19.2 Å². The number of amides is 1. The van der Waals surface area contributed by atoms with Crippen molar-refractivity contribution >= 4 is 35.8 Å². The minimum Gasteiger partial charge on any atom is -0.379 e. The van der Waals surface area contributed by atoms with Gasteiger partial charge in [0.05, 0.1) is 12.7 Å². The molecule has 152 valence electrons. The average Bonchev–Trinajstić information content (AvgIpc) is 3.20. The highest BCUT2D eigenvalue weighted by Gasteiger charge is 2.14. The van der Waals surface area contributed by atoms with Gasteiger partial charge in [0.15, 0.2) is 5.96 Å². The zero-order valence-corrected chi connectivity index (χ0v) is 18.2. The van der Waals surface area contributed by atoms with Crippen LogP contribution in [0.2, 0.25) is 0 Å². The second-order valence-electron chi connectivity index (χ2n) is 6.11. The van der Waals surface area contributed by atoms with Gasteiger partial charge in [-0.25, -0.2) is 0 Å². The number of carbonyl (C=O) groups excluding carboxylic acids is 1. The maximum Gasteiger partial charge on any atom is 0.251 e. The third kappa shape index (κ3) is 9.92. The van der Waals surface area contributed by atoms with Crippen LogP contribution in [-0.4, -0.2) is 64.5 Å². The minimum atomic E-state index is -0.0706. The maximum atomic E-state index is 11.9. The number of nitrogens with one attached hydrogen (secondary N) is 3. The van der Waals surface area contributed by atoms with Gasteiger partial charge >= 0.3 is 0 Å². The molecule has 3 N–H and O–H groups in total. The van der Waals surface area contributed by atoms with E-state index in [1.165, 1.54) is 0 Å². The Morgan fingerprint density at radius 3 is 2.63 bits per heavy atom. The summed E-state index contributed by atoms with van der Waals surface area (Å²) in [5, 5.41) is 9.28. The molecular formula is C19H31IN4O3. The lowest BCUT2D eigenvalue weighted by Crippen LogP contribution is -2.42. The van der Waals surface area contributed by atoms with Crippen molar-refractivity contribution in [2.75, 3.05) is 46.5 Å². The quantitative estimate of drug-likeness (QED) is 0.202. The molecule has 27 heavy (non-hydrogen) atoms. The summed E-state index contributed by atoms with van der Waals surface area (Å²) in [6.45, 7) is 4.17. The van der Waals surface area contributed by atoms with Crippen LogP contribution >= 0.6 is 24.0 Å². The van der Waals surface area contributed by atoms with Crippen molar-refractivity contribution in [3.63, 3.8) is 0 Å². The molecule has 0 saturated carbocycles. The minimum absolute atomic E-state index is 0. The fourth-order valence-corrected chi connectivity index (χ4v) is 2.64. The highest BCUT2D eigenvalue weighted by molar-refractivity contribution is 14.0. The number of aliphatic imine (C=N–C) groups is 1. The monoisotopic (exact) mass is 490 g/mol. The van der Waals surface area contributed by atoms with E-state index >= 15 is 0 Å². The van der Waals surface area contributed by atoms with E-state index in [2.05, 4.69) is 20.9 Å². The molecule has 0 bridgehead atoms. The predicted molar refractivity (Wildman–Crippen MR) is 118 cm³/mol. The van der Waals surface area contributed by atoms with Crippen molar-refractivity contribution in [3.05, 3.63) is 35.9 Å². The highest BCUT2D eigenvalue weighted by Crippen LogP contribution is 2.11. The van der Waals surface area contributed by atoms with Gasteiger partial charge in [0.2, 0.25) is 0 Å². The molecule has 1 aliphatic rings. The smallest absolute Gasteiger partial charge is 0.251 e. The normalized spacial score (nSPS) is 16.5. The molecule has 1 aromatic carbocycles. The van der Waals surface area contributed by atoms with Crippen molar-refractivity contribution in [2.45, 2.75) is 25.4 Å². The number of guanidine groups is 1. The van der Waals surface area contributed by atoms with Crippen molar-refractivity contribution < 1.29 is 14.3 Å².